The molecule has 3 aromatic rings. The summed E-state index contributed by atoms with van der Waals surface area (Å²) in [7, 11) is 2.04. The number of aliphatic hydroxyl groups is 1. The maximum absolute atomic E-state index is 9.48. The van der Waals surface area contributed by atoms with Crippen LogP contribution in [0.1, 0.15) is 43.0 Å². The van der Waals surface area contributed by atoms with Crippen LogP contribution >= 0.6 is 0 Å². The van der Waals surface area contributed by atoms with Crippen molar-refractivity contribution in [3.63, 3.8) is 0 Å². The molecular weight excluding hydrogens is 392 g/mol. The van der Waals surface area contributed by atoms with Crippen LogP contribution in [0.3, 0.4) is 0 Å². The SMILES string of the molecule is CC(C)Oc1ccc(-c2nc(-c3cccc4c3CCC4N(C)CCO)no2)cc1C#N. The Hall–Kier alpha value is -3.21. The van der Waals surface area contributed by atoms with Gasteiger partial charge >= 0.3 is 0 Å². The van der Waals surface area contributed by atoms with Crippen LogP contribution in [0.2, 0.25) is 0 Å². The quantitative estimate of drug-likeness (QED) is 0.620. The predicted molar refractivity (Wildman–Crippen MR) is 116 cm³/mol. The minimum atomic E-state index is -0.0200. The third-order valence-electron chi connectivity index (χ3n) is 5.60. The number of nitrogens with zero attached hydrogens (tertiary/aromatic N) is 4. The number of hydrogen-bond donors (Lipinski definition) is 1. The molecule has 0 saturated heterocycles. The average Bonchev–Trinajstić information content (AvgIpc) is 3.41. The van der Waals surface area contributed by atoms with E-state index in [9.17, 15) is 10.4 Å². The molecule has 2 aromatic carbocycles. The highest BCUT2D eigenvalue weighted by atomic mass is 16.5. The Morgan fingerprint density at radius 2 is 2.16 bits per heavy atom. The van der Waals surface area contributed by atoms with Gasteiger partial charge in [0, 0.05) is 23.7 Å². The van der Waals surface area contributed by atoms with Crippen molar-refractivity contribution < 1.29 is 14.4 Å². The molecule has 1 N–H and O–H groups in total. The first kappa shape index (κ1) is 21.0. The molecule has 31 heavy (non-hydrogen) atoms. The minimum Gasteiger partial charge on any atom is -0.490 e. The van der Waals surface area contributed by atoms with Gasteiger partial charge in [-0.3, -0.25) is 4.90 Å². The highest BCUT2D eigenvalue weighted by Gasteiger charge is 2.29. The van der Waals surface area contributed by atoms with E-state index in [2.05, 4.69) is 27.2 Å². The van der Waals surface area contributed by atoms with Gasteiger partial charge in [0.1, 0.15) is 11.8 Å². The molecule has 0 aliphatic heterocycles. The van der Waals surface area contributed by atoms with Gasteiger partial charge in [-0.05, 0) is 63.1 Å². The molecule has 1 aromatic heterocycles. The van der Waals surface area contributed by atoms with Crippen molar-refractivity contribution in [1.29, 1.82) is 5.26 Å². The van der Waals surface area contributed by atoms with Crippen molar-refractivity contribution in [3.05, 3.63) is 53.1 Å². The lowest BCUT2D eigenvalue weighted by molar-refractivity contribution is 0.180. The van der Waals surface area contributed by atoms with E-state index in [0.29, 0.717) is 35.1 Å². The van der Waals surface area contributed by atoms with E-state index < -0.39 is 0 Å². The Kier molecular flexibility index (Phi) is 6.03. The average molecular weight is 418 g/mol. The second kappa shape index (κ2) is 8.88. The maximum Gasteiger partial charge on any atom is 0.258 e. The molecule has 0 spiro atoms. The topological polar surface area (TPSA) is 95.4 Å². The molecule has 4 rings (SSSR count). The highest BCUT2D eigenvalue weighted by molar-refractivity contribution is 5.67. The minimum absolute atomic E-state index is 0.0200. The molecule has 1 aliphatic rings. The number of ether oxygens (including phenoxy) is 1. The zero-order valence-electron chi connectivity index (χ0n) is 18.0. The molecule has 0 bridgehead atoms. The summed E-state index contributed by atoms with van der Waals surface area (Å²) in [5.41, 5.74) is 4.55. The van der Waals surface area contributed by atoms with Crippen molar-refractivity contribution in [2.24, 2.45) is 0 Å². The third-order valence-corrected chi connectivity index (χ3v) is 5.60. The summed E-state index contributed by atoms with van der Waals surface area (Å²) >= 11 is 0. The zero-order chi connectivity index (χ0) is 22.0. The molecule has 1 unspecified atom stereocenters. The Morgan fingerprint density at radius 3 is 2.90 bits per heavy atom. The van der Waals surface area contributed by atoms with Crippen LogP contribution in [-0.2, 0) is 6.42 Å². The lowest BCUT2D eigenvalue weighted by Crippen LogP contribution is -2.26. The summed E-state index contributed by atoms with van der Waals surface area (Å²) in [4.78, 5) is 6.80. The number of fused-ring (bicyclic) bond motifs is 1. The molecule has 7 nitrogen and oxygen atoms in total. The molecule has 0 amide bonds. The predicted octanol–water partition coefficient (Wildman–Crippen LogP) is 3.97. The number of aliphatic hydroxyl groups excluding tert-OH is 1. The third kappa shape index (κ3) is 4.18. The first-order valence-electron chi connectivity index (χ1n) is 10.5. The highest BCUT2D eigenvalue weighted by Crippen LogP contribution is 2.40. The fourth-order valence-electron chi connectivity index (χ4n) is 4.17. The fraction of sp³-hybridized carbons (Fsp3) is 0.375. The molecule has 0 radical (unpaired) electrons. The van der Waals surface area contributed by atoms with Gasteiger partial charge in [-0.2, -0.15) is 10.2 Å². The van der Waals surface area contributed by atoms with Crippen LogP contribution in [0.4, 0.5) is 0 Å². The molecule has 7 heteroatoms. The second-order valence-electron chi connectivity index (χ2n) is 8.04. The fourth-order valence-corrected chi connectivity index (χ4v) is 4.17. The zero-order valence-corrected chi connectivity index (χ0v) is 18.0. The Morgan fingerprint density at radius 1 is 1.32 bits per heavy atom. The van der Waals surface area contributed by atoms with Crippen LogP contribution in [0.25, 0.3) is 22.8 Å². The normalized spacial score (nSPS) is 15.3. The monoisotopic (exact) mass is 418 g/mol. The number of rotatable bonds is 7. The van der Waals surface area contributed by atoms with E-state index >= 15 is 0 Å². The number of nitriles is 1. The summed E-state index contributed by atoms with van der Waals surface area (Å²) in [6, 6.07) is 13.9. The molecule has 1 heterocycles. The van der Waals surface area contributed by atoms with E-state index in [4.69, 9.17) is 9.26 Å². The van der Waals surface area contributed by atoms with Gasteiger partial charge in [-0.1, -0.05) is 23.4 Å². The van der Waals surface area contributed by atoms with Crippen molar-refractivity contribution in [1.82, 2.24) is 15.0 Å². The van der Waals surface area contributed by atoms with Crippen molar-refractivity contribution in [3.8, 4) is 34.7 Å². The first-order chi connectivity index (χ1) is 15.0. The van der Waals surface area contributed by atoms with Gasteiger partial charge in [0.15, 0.2) is 0 Å². The summed E-state index contributed by atoms with van der Waals surface area (Å²) in [6.45, 7) is 4.62. The number of aromatic nitrogens is 2. The van der Waals surface area contributed by atoms with Crippen LogP contribution < -0.4 is 4.74 Å². The Balaban J connectivity index is 1.65. The van der Waals surface area contributed by atoms with Crippen molar-refractivity contribution >= 4 is 0 Å². The van der Waals surface area contributed by atoms with E-state index in [1.807, 2.05) is 39.1 Å². The molecule has 160 valence electrons. The lowest BCUT2D eigenvalue weighted by Gasteiger charge is -2.24. The van der Waals surface area contributed by atoms with Crippen molar-refractivity contribution in [2.45, 2.75) is 38.8 Å². The Labute approximate surface area is 181 Å². The second-order valence-corrected chi connectivity index (χ2v) is 8.04. The van der Waals surface area contributed by atoms with Gasteiger partial charge < -0.3 is 14.4 Å². The van der Waals surface area contributed by atoms with Crippen molar-refractivity contribution in [2.75, 3.05) is 20.2 Å². The summed E-state index contributed by atoms with van der Waals surface area (Å²) in [5.74, 6) is 1.45. The van der Waals surface area contributed by atoms with Gasteiger partial charge in [0.2, 0.25) is 5.82 Å². The summed E-state index contributed by atoms with van der Waals surface area (Å²) < 4.78 is 11.2. The Bertz CT molecular complexity index is 1120. The standard InChI is InChI=1S/C24H26N4O3/c1-15(2)30-22-10-7-16(13-17(22)14-25)24-26-23(27-31-24)20-6-4-5-19-18(20)8-9-21(19)28(3)11-12-29/h4-7,10,13,15,21,29H,8-9,11-12H2,1-3H3. The van der Waals surface area contributed by atoms with Crippen LogP contribution in [0.5, 0.6) is 5.75 Å². The molecule has 0 saturated carbocycles. The van der Waals surface area contributed by atoms with E-state index in [-0.39, 0.29) is 18.8 Å². The first-order valence-corrected chi connectivity index (χ1v) is 10.5. The maximum atomic E-state index is 9.48. The molecule has 0 fully saturated rings. The van der Waals surface area contributed by atoms with E-state index in [0.717, 1.165) is 18.4 Å². The van der Waals surface area contributed by atoms with Gasteiger partial charge in [-0.15, -0.1) is 0 Å². The van der Waals surface area contributed by atoms with E-state index in [1.54, 1.807) is 12.1 Å². The largest absolute Gasteiger partial charge is 0.490 e. The van der Waals surface area contributed by atoms with Gasteiger partial charge in [0.25, 0.3) is 5.89 Å². The van der Waals surface area contributed by atoms with Crippen LogP contribution in [-0.4, -0.2) is 46.5 Å². The van der Waals surface area contributed by atoms with Gasteiger partial charge in [0.05, 0.1) is 18.3 Å². The molecular formula is C24H26N4O3. The van der Waals surface area contributed by atoms with Crippen LogP contribution in [0.15, 0.2) is 40.9 Å². The molecule has 1 atom stereocenters. The molecule has 1 aliphatic carbocycles. The number of hydrogen-bond acceptors (Lipinski definition) is 7. The van der Waals surface area contributed by atoms with E-state index in [1.165, 1.54) is 11.1 Å². The van der Waals surface area contributed by atoms with Gasteiger partial charge in [-0.25, -0.2) is 0 Å². The smallest absolute Gasteiger partial charge is 0.258 e. The number of likely N-dealkylation sites (N-methyl/N-ethyl adjacent to an activating group) is 1. The summed E-state index contributed by atoms with van der Waals surface area (Å²) in [6.07, 6.45) is 1.90. The lowest BCUT2D eigenvalue weighted by atomic mass is 10.0. The van der Waals surface area contributed by atoms with Crippen LogP contribution in [0, 0.1) is 11.3 Å². The summed E-state index contributed by atoms with van der Waals surface area (Å²) in [5, 5.41) is 23.0. The number of benzene rings is 2.